The molecule has 2 saturated heterocycles. The van der Waals surface area contributed by atoms with E-state index in [4.69, 9.17) is 4.99 Å². The van der Waals surface area contributed by atoms with Gasteiger partial charge in [-0.15, -0.1) is 0 Å². The second-order valence-electron chi connectivity index (χ2n) is 7.25. The van der Waals surface area contributed by atoms with Gasteiger partial charge in [0.1, 0.15) is 0 Å². The number of hydrogen-bond donors (Lipinski definition) is 1. The Morgan fingerprint density at radius 1 is 1.00 bits per heavy atom. The van der Waals surface area contributed by atoms with Gasteiger partial charge < -0.3 is 10.2 Å². The SMILES string of the molecule is CCNC(=NCC1(N2CCSCC2)CCCCC1)N1CCCC1. The molecule has 0 atom stereocenters. The van der Waals surface area contributed by atoms with Crippen LogP contribution in [-0.4, -0.2) is 72.1 Å². The molecule has 2 aliphatic heterocycles. The Bertz CT molecular complexity index is 380. The van der Waals surface area contributed by atoms with Crippen LogP contribution in [0, 0.1) is 0 Å². The molecule has 132 valence electrons. The molecule has 0 bridgehead atoms. The van der Waals surface area contributed by atoms with Crippen LogP contribution in [0.25, 0.3) is 0 Å². The average molecular weight is 339 g/mol. The van der Waals surface area contributed by atoms with E-state index in [0.29, 0.717) is 5.54 Å². The van der Waals surface area contributed by atoms with Crippen molar-refractivity contribution in [3.8, 4) is 0 Å². The van der Waals surface area contributed by atoms with Gasteiger partial charge >= 0.3 is 0 Å². The fourth-order valence-corrected chi connectivity index (χ4v) is 5.30. The number of hydrogen-bond acceptors (Lipinski definition) is 3. The van der Waals surface area contributed by atoms with E-state index in [-0.39, 0.29) is 0 Å². The van der Waals surface area contributed by atoms with Crippen LogP contribution in [0.1, 0.15) is 51.9 Å². The van der Waals surface area contributed by atoms with Crippen molar-refractivity contribution in [3.05, 3.63) is 0 Å². The van der Waals surface area contributed by atoms with Crippen LogP contribution < -0.4 is 5.32 Å². The van der Waals surface area contributed by atoms with E-state index >= 15 is 0 Å². The lowest BCUT2D eigenvalue weighted by atomic mass is 9.80. The van der Waals surface area contributed by atoms with Gasteiger partial charge in [0.25, 0.3) is 0 Å². The first-order valence-electron chi connectivity index (χ1n) is 9.70. The van der Waals surface area contributed by atoms with Gasteiger partial charge in [0.15, 0.2) is 5.96 Å². The number of aliphatic imine (C=N–C) groups is 1. The lowest BCUT2D eigenvalue weighted by molar-refractivity contribution is 0.0670. The summed E-state index contributed by atoms with van der Waals surface area (Å²) in [6.07, 6.45) is 9.53. The highest BCUT2D eigenvalue weighted by molar-refractivity contribution is 7.99. The third kappa shape index (κ3) is 4.36. The monoisotopic (exact) mass is 338 g/mol. The van der Waals surface area contributed by atoms with Crippen LogP contribution >= 0.6 is 11.8 Å². The summed E-state index contributed by atoms with van der Waals surface area (Å²) >= 11 is 2.12. The third-order valence-electron chi connectivity index (χ3n) is 5.73. The van der Waals surface area contributed by atoms with E-state index in [1.54, 1.807) is 0 Å². The van der Waals surface area contributed by atoms with Gasteiger partial charge in [-0.3, -0.25) is 9.89 Å². The van der Waals surface area contributed by atoms with Gasteiger partial charge in [0.05, 0.1) is 6.54 Å². The van der Waals surface area contributed by atoms with Crippen molar-refractivity contribution >= 4 is 17.7 Å². The number of guanidine groups is 1. The van der Waals surface area contributed by atoms with Gasteiger partial charge in [0.2, 0.25) is 0 Å². The van der Waals surface area contributed by atoms with Gasteiger partial charge in [-0.05, 0) is 32.6 Å². The molecule has 0 aromatic heterocycles. The molecule has 1 saturated carbocycles. The lowest BCUT2D eigenvalue weighted by Crippen LogP contribution is -2.55. The minimum absolute atomic E-state index is 0.347. The molecule has 1 N–H and O–H groups in total. The van der Waals surface area contributed by atoms with Crippen molar-refractivity contribution in [1.29, 1.82) is 0 Å². The Morgan fingerprint density at radius 3 is 2.35 bits per heavy atom. The number of nitrogens with zero attached hydrogens (tertiary/aromatic N) is 3. The van der Waals surface area contributed by atoms with Crippen molar-refractivity contribution in [3.63, 3.8) is 0 Å². The first kappa shape index (κ1) is 17.4. The second kappa shape index (κ2) is 8.61. The normalized spacial score (nSPS) is 26.5. The predicted octanol–water partition coefficient (Wildman–Crippen LogP) is 2.80. The molecule has 4 nitrogen and oxygen atoms in total. The summed E-state index contributed by atoms with van der Waals surface area (Å²) in [6.45, 7) is 9.04. The molecule has 0 amide bonds. The standard InChI is InChI=1S/C18H34N4S/c1-2-19-17(21-10-6-7-11-21)20-16-18(8-4-3-5-9-18)22-12-14-23-15-13-22/h2-16H2,1H3,(H,19,20). The van der Waals surface area contributed by atoms with Gasteiger partial charge in [-0.25, -0.2) is 0 Å². The Morgan fingerprint density at radius 2 is 1.70 bits per heavy atom. The zero-order chi connectivity index (χ0) is 16.0. The topological polar surface area (TPSA) is 30.9 Å². The van der Waals surface area contributed by atoms with E-state index in [2.05, 4.69) is 33.8 Å². The molecular weight excluding hydrogens is 304 g/mol. The molecule has 1 aliphatic carbocycles. The molecule has 0 unspecified atom stereocenters. The Labute approximate surface area is 146 Å². The largest absolute Gasteiger partial charge is 0.357 e. The van der Waals surface area contributed by atoms with Crippen LogP contribution in [0.5, 0.6) is 0 Å². The van der Waals surface area contributed by atoms with Crippen molar-refractivity contribution in [2.24, 2.45) is 4.99 Å². The minimum atomic E-state index is 0.347. The Balaban J connectivity index is 1.72. The van der Waals surface area contributed by atoms with Gasteiger partial charge in [0, 0.05) is 49.8 Å². The van der Waals surface area contributed by atoms with Gasteiger partial charge in [-0.2, -0.15) is 11.8 Å². The average Bonchev–Trinajstić information content (AvgIpc) is 3.15. The summed E-state index contributed by atoms with van der Waals surface area (Å²) in [6, 6.07) is 0. The predicted molar refractivity (Wildman–Crippen MR) is 101 cm³/mol. The number of likely N-dealkylation sites (tertiary alicyclic amines) is 1. The molecule has 0 aromatic carbocycles. The molecule has 0 radical (unpaired) electrons. The molecule has 0 spiro atoms. The van der Waals surface area contributed by atoms with Crippen molar-refractivity contribution in [1.82, 2.24) is 15.1 Å². The Kier molecular flexibility index (Phi) is 6.52. The summed E-state index contributed by atoms with van der Waals surface area (Å²) < 4.78 is 0. The minimum Gasteiger partial charge on any atom is -0.357 e. The highest BCUT2D eigenvalue weighted by atomic mass is 32.2. The maximum atomic E-state index is 5.15. The summed E-state index contributed by atoms with van der Waals surface area (Å²) in [5.41, 5.74) is 0.347. The van der Waals surface area contributed by atoms with Crippen LogP contribution in [0.4, 0.5) is 0 Å². The number of nitrogens with one attached hydrogen (secondary N) is 1. The lowest BCUT2D eigenvalue weighted by Gasteiger charge is -2.47. The van der Waals surface area contributed by atoms with Crippen LogP contribution in [0.2, 0.25) is 0 Å². The maximum absolute atomic E-state index is 5.15. The molecule has 23 heavy (non-hydrogen) atoms. The van der Waals surface area contributed by atoms with E-state index in [0.717, 1.165) is 13.1 Å². The zero-order valence-electron chi connectivity index (χ0n) is 14.9. The number of rotatable bonds is 4. The van der Waals surface area contributed by atoms with Crippen LogP contribution in [0.3, 0.4) is 0 Å². The first-order chi connectivity index (χ1) is 11.3. The first-order valence-corrected chi connectivity index (χ1v) is 10.9. The molecule has 3 fully saturated rings. The fraction of sp³-hybridized carbons (Fsp3) is 0.944. The molecule has 2 heterocycles. The Hall–Kier alpha value is -0.420. The molecular formula is C18H34N4S. The summed E-state index contributed by atoms with van der Waals surface area (Å²) in [7, 11) is 0. The van der Waals surface area contributed by atoms with Crippen LogP contribution in [-0.2, 0) is 0 Å². The molecule has 0 aromatic rings. The highest BCUT2D eigenvalue weighted by Gasteiger charge is 2.38. The van der Waals surface area contributed by atoms with Gasteiger partial charge in [-0.1, -0.05) is 19.3 Å². The van der Waals surface area contributed by atoms with Crippen LogP contribution in [0.15, 0.2) is 4.99 Å². The highest BCUT2D eigenvalue weighted by Crippen LogP contribution is 2.35. The van der Waals surface area contributed by atoms with E-state index in [1.807, 2.05) is 0 Å². The number of thioether (sulfide) groups is 1. The quantitative estimate of drug-likeness (QED) is 0.631. The molecule has 5 heteroatoms. The molecule has 3 aliphatic rings. The van der Waals surface area contributed by atoms with E-state index in [9.17, 15) is 0 Å². The van der Waals surface area contributed by atoms with Crippen molar-refractivity contribution in [2.75, 3.05) is 50.8 Å². The summed E-state index contributed by atoms with van der Waals surface area (Å²) in [4.78, 5) is 10.4. The maximum Gasteiger partial charge on any atom is 0.193 e. The smallest absolute Gasteiger partial charge is 0.193 e. The van der Waals surface area contributed by atoms with E-state index < -0.39 is 0 Å². The fourth-order valence-electron chi connectivity index (χ4n) is 4.40. The van der Waals surface area contributed by atoms with E-state index in [1.165, 1.54) is 88.6 Å². The zero-order valence-corrected chi connectivity index (χ0v) is 15.7. The van der Waals surface area contributed by atoms with Crippen molar-refractivity contribution in [2.45, 2.75) is 57.4 Å². The molecule has 3 rings (SSSR count). The summed E-state index contributed by atoms with van der Waals surface area (Å²) in [5, 5.41) is 3.54. The van der Waals surface area contributed by atoms with Crippen molar-refractivity contribution < 1.29 is 0 Å². The third-order valence-corrected chi connectivity index (χ3v) is 6.67. The second-order valence-corrected chi connectivity index (χ2v) is 8.47. The summed E-state index contributed by atoms with van der Waals surface area (Å²) in [5.74, 6) is 3.77.